The lowest BCUT2D eigenvalue weighted by Crippen LogP contribution is -2.40. The Labute approximate surface area is 82.1 Å². The Morgan fingerprint density at radius 1 is 1.50 bits per heavy atom. The quantitative estimate of drug-likeness (QED) is 0.669. The number of nitrogens with one attached hydrogen (secondary N) is 1. The highest BCUT2D eigenvalue weighted by molar-refractivity contribution is 5.97. The fourth-order valence-corrected chi connectivity index (χ4v) is 1.89. The van der Waals surface area contributed by atoms with Gasteiger partial charge >= 0.3 is 0 Å². The van der Waals surface area contributed by atoms with E-state index >= 15 is 0 Å². The van der Waals surface area contributed by atoms with Crippen molar-refractivity contribution in [1.29, 1.82) is 0 Å². The molecule has 0 aliphatic carbocycles. The molecule has 1 aliphatic heterocycles. The fraction of sp³-hybridized carbons (Fsp3) is 0.364. The maximum atomic E-state index is 13.4. The molecule has 0 saturated carbocycles. The summed E-state index contributed by atoms with van der Waals surface area (Å²) >= 11 is 0. The van der Waals surface area contributed by atoms with E-state index in [1.165, 1.54) is 6.07 Å². The number of benzene rings is 1. The third-order valence-corrected chi connectivity index (χ3v) is 2.61. The van der Waals surface area contributed by atoms with Crippen molar-refractivity contribution < 1.29 is 9.18 Å². The molecule has 0 radical (unpaired) electrons. The predicted molar refractivity (Wildman–Crippen MR) is 51.8 cm³/mol. The molecule has 1 heterocycles. The highest BCUT2D eigenvalue weighted by Crippen LogP contribution is 2.23. The van der Waals surface area contributed by atoms with E-state index in [4.69, 9.17) is 0 Å². The number of fused-ring (bicyclic) bond motifs is 1. The van der Waals surface area contributed by atoms with Gasteiger partial charge in [0.2, 0.25) is 0 Å². The van der Waals surface area contributed by atoms with Crippen LogP contribution in [0.4, 0.5) is 4.39 Å². The van der Waals surface area contributed by atoms with Crippen LogP contribution in [0.2, 0.25) is 0 Å². The molecule has 0 bridgehead atoms. The third-order valence-electron chi connectivity index (χ3n) is 2.61. The van der Waals surface area contributed by atoms with Crippen molar-refractivity contribution >= 4 is 5.91 Å². The summed E-state index contributed by atoms with van der Waals surface area (Å²) in [4.78, 5) is 11.5. The van der Waals surface area contributed by atoms with Crippen LogP contribution >= 0.6 is 0 Å². The van der Waals surface area contributed by atoms with Crippen molar-refractivity contribution in [3.05, 3.63) is 34.6 Å². The lowest BCUT2D eigenvalue weighted by molar-refractivity contribution is 0.0924. The van der Waals surface area contributed by atoms with Crippen LogP contribution < -0.4 is 5.32 Å². The van der Waals surface area contributed by atoms with Crippen LogP contribution in [-0.4, -0.2) is 11.9 Å². The van der Waals surface area contributed by atoms with Gasteiger partial charge in [0.1, 0.15) is 5.82 Å². The molecule has 1 aromatic carbocycles. The summed E-state index contributed by atoms with van der Waals surface area (Å²) in [6.45, 7) is 3.83. The molecule has 0 spiro atoms. The minimum absolute atomic E-state index is 0.0931. The van der Waals surface area contributed by atoms with E-state index < -0.39 is 5.82 Å². The molecular formula is C11H12FNO. The van der Waals surface area contributed by atoms with Gasteiger partial charge in [0.15, 0.2) is 0 Å². The van der Waals surface area contributed by atoms with E-state index in [1.54, 1.807) is 6.07 Å². The molecule has 1 aromatic rings. The monoisotopic (exact) mass is 193 g/mol. The Morgan fingerprint density at radius 3 is 2.93 bits per heavy atom. The lowest BCUT2D eigenvalue weighted by atomic mass is 9.92. The van der Waals surface area contributed by atoms with Crippen LogP contribution in [-0.2, 0) is 6.42 Å². The van der Waals surface area contributed by atoms with Gasteiger partial charge in [-0.25, -0.2) is 4.39 Å². The minimum atomic E-state index is -0.421. The highest BCUT2D eigenvalue weighted by atomic mass is 19.1. The van der Waals surface area contributed by atoms with Crippen LogP contribution in [0.1, 0.15) is 28.4 Å². The van der Waals surface area contributed by atoms with Crippen LogP contribution in [0.5, 0.6) is 0 Å². The first-order valence-electron chi connectivity index (χ1n) is 4.68. The highest BCUT2D eigenvalue weighted by Gasteiger charge is 2.25. The summed E-state index contributed by atoms with van der Waals surface area (Å²) in [7, 11) is 0. The second-order valence-electron chi connectivity index (χ2n) is 3.80. The van der Waals surface area contributed by atoms with Gasteiger partial charge in [-0.2, -0.15) is 0 Å². The Morgan fingerprint density at radius 2 is 2.21 bits per heavy atom. The van der Waals surface area contributed by atoms with Gasteiger partial charge in [0.25, 0.3) is 5.91 Å². The summed E-state index contributed by atoms with van der Waals surface area (Å²) in [5.74, 6) is -0.713. The average molecular weight is 193 g/mol. The number of amides is 1. The normalized spacial score (nSPS) is 20.2. The first-order chi connectivity index (χ1) is 6.59. The van der Waals surface area contributed by atoms with E-state index in [0.29, 0.717) is 6.42 Å². The molecule has 2 nitrogen and oxygen atoms in total. The third kappa shape index (κ3) is 1.29. The molecule has 1 N–H and O–H groups in total. The molecule has 1 aliphatic rings. The fourth-order valence-electron chi connectivity index (χ4n) is 1.89. The molecule has 74 valence electrons. The number of rotatable bonds is 0. The van der Waals surface area contributed by atoms with E-state index in [9.17, 15) is 9.18 Å². The molecule has 3 heteroatoms. The van der Waals surface area contributed by atoms with E-state index in [0.717, 1.165) is 11.1 Å². The number of hydrogen-bond donors (Lipinski definition) is 1. The summed E-state index contributed by atoms with van der Waals surface area (Å²) < 4.78 is 13.4. The van der Waals surface area contributed by atoms with Gasteiger partial charge in [-0.15, -0.1) is 0 Å². The number of aryl methyl sites for hydroxylation is 1. The van der Waals surface area contributed by atoms with Crippen molar-refractivity contribution in [3.63, 3.8) is 0 Å². The van der Waals surface area contributed by atoms with Crippen LogP contribution in [0.25, 0.3) is 0 Å². The van der Waals surface area contributed by atoms with Gasteiger partial charge in [0.05, 0.1) is 5.56 Å². The van der Waals surface area contributed by atoms with Crippen molar-refractivity contribution in [1.82, 2.24) is 5.32 Å². The van der Waals surface area contributed by atoms with Crippen molar-refractivity contribution in [3.8, 4) is 0 Å². The molecule has 0 saturated heterocycles. The smallest absolute Gasteiger partial charge is 0.254 e. The summed E-state index contributed by atoms with van der Waals surface area (Å²) in [5.41, 5.74) is 2.06. The van der Waals surface area contributed by atoms with Gasteiger partial charge < -0.3 is 5.32 Å². The number of halogens is 1. The maximum Gasteiger partial charge on any atom is 0.254 e. The van der Waals surface area contributed by atoms with Gasteiger partial charge in [-0.05, 0) is 37.5 Å². The molecular weight excluding hydrogens is 181 g/mol. The van der Waals surface area contributed by atoms with E-state index in [2.05, 4.69) is 5.32 Å². The second kappa shape index (κ2) is 3.08. The van der Waals surface area contributed by atoms with E-state index in [-0.39, 0.29) is 17.5 Å². The van der Waals surface area contributed by atoms with Crippen molar-refractivity contribution in [2.75, 3.05) is 0 Å². The molecule has 1 atom stereocenters. The largest absolute Gasteiger partial charge is 0.349 e. The molecule has 0 aromatic heterocycles. The van der Waals surface area contributed by atoms with Gasteiger partial charge in [0, 0.05) is 6.04 Å². The first-order valence-corrected chi connectivity index (χ1v) is 4.68. The first kappa shape index (κ1) is 9.19. The Kier molecular flexibility index (Phi) is 2.02. The maximum absolute atomic E-state index is 13.4. The van der Waals surface area contributed by atoms with Crippen LogP contribution in [0, 0.1) is 12.7 Å². The summed E-state index contributed by atoms with van der Waals surface area (Å²) in [5, 5.41) is 2.72. The predicted octanol–water partition coefficient (Wildman–Crippen LogP) is 1.81. The zero-order valence-electron chi connectivity index (χ0n) is 8.23. The molecule has 1 unspecified atom stereocenters. The molecule has 2 rings (SSSR count). The summed E-state index contributed by atoms with van der Waals surface area (Å²) in [6, 6.07) is 3.17. The standard InChI is InChI=1S/C11H12FNO/c1-6-3-4-9(12)10-8(6)5-7(2)13-11(10)14/h3-4,7H,5H2,1-2H3,(H,13,14). The lowest BCUT2D eigenvalue weighted by Gasteiger charge is -2.24. The van der Waals surface area contributed by atoms with Crippen molar-refractivity contribution in [2.24, 2.45) is 0 Å². The Bertz CT molecular complexity index is 401. The number of hydrogen-bond acceptors (Lipinski definition) is 1. The van der Waals surface area contributed by atoms with Gasteiger partial charge in [-0.1, -0.05) is 6.07 Å². The molecule has 0 fully saturated rings. The number of carbonyl (C=O) groups is 1. The van der Waals surface area contributed by atoms with E-state index in [1.807, 2.05) is 13.8 Å². The zero-order valence-corrected chi connectivity index (χ0v) is 8.23. The van der Waals surface area contributed by atoms with Gasteiger partial charge in [-0.3, -0.25) is 4.79 Å². The molecule has 1 amide bonds. The topological polar surface area (TPSA) is 29.1 Å². The van der Waals surface area contributed by atoms with Crippen molar-refractivity contribution in [2.45, 2.75) is 26.3 Å². The van der Waals surface area contributed by atoms with Crippen LogP contribution in [0.3, 0.4) is 0 Å². The Hall–Kier alpha value is -1.38. The minimum Gasteiger partial charge on any atom is -0.349 e. The SMILES string of the molecule is Cc1ccc(F)c2c1CC(C)NC2=O. The summed E-state index contributed by atoms with van der Waals surface area (Å²) in [6.07, 6.45) is 0.713. The zero-order chi connectivity index (χ0) is 10.3. The molecule has 14 heavy (non-hydrogen) atoms. The van der Waals surface area contributed by atoms with Crippen LogP contribution in [0.15, 0.2) is 12.1 Å². The average Bonchev–Trinajstić information content (AvgIpc) is 2.10. The second-order valence-corrected chi connectivity index (χ2v) is 3.80. The number of carbonyl (C=O) groups excluding carboxylic acids is 1. The Balaban J connectivity index is 2.63.